The molecule has 0 fully saturated rings. The van der Waals surface area contributed by atoms with Crippen LogP contribution in [0.3, 0.4) is 0 Å². The van der Waals surface area contributed by atoms with E-state index in [4.69, 9.17) is 11.6 Å². The van der Waals surface area contributed by atoms with Crippen molar-refractivity contribution >= 4 is 17.5 Å². The molecule has 1 unspecified atom stereocenters. The van der Waals surface area contributed by atoms with Crippen molar-refractivity contribution in [2.75, 3.05) is 7.05 Å². The van der Waals surface area contributed by atoms with Gasteiger partial charge >= 0.3 is 0 Å². The van der Waals surface area contributed by atoms with Crippen LogP contribution in [0.5, 0.6) is 0 Å². The van der Waals surface area contributed by atoms with Gasteiger partial charge in [-0.05, 0) is 6.92 Å². The zero-order valence-electron chi connectivity index (χ0n) is 7.62. The molecule has 13 heavy (non-hydrogen) atoms. The fourth-order valence-electron chi connectivity index (χ4n) is 1.12. The molecule has 1 N–H and O–H groups in total. The predicted molar refractivity (Wildman–Crippen MR) is 50.6 cm³/mol. The minimum Gasteiger partial charge on any atom is -0.357 e. The van der Waals surface area contributed by atoms with E-state index >= 15 is 0 Å². The van der Waals surface area contributed by atoms with E-state index in [1.165, 1.54) is 0 Å². The number of carbonyl (C=O) groups excluding carboxylic acids is 1. The molecule has 0 saturated carbocycles. The summed E-state index contributed by atoms with van der Waals surface area (Å²) in [6, 6.07) is -0.263. The van der Waals surface area contributed by atoms with Gasteiger partial charge in [-0.15, -0.1) is 11.6 Å². The third-order valence-electron chi connectivity index (χ3n) is 1.93. The molecule has 0 aliphatic heterocycles. The van der Waals surface area contributed by atoms with Crippen LogP contribution in [0, 0.1) is 0 Å². The molecule has 0 saturated heterocycles. The van der Waals surface area contributed by atoms with Crippen LogP contribution in [-0.2, 0) is 10.7 Å². The molecule has 0 aromatic carbocycles. The summed E-state index contributed by atoms with van der Waals surface area (Å²) < 4.78 is 1.76. The molecule has 1 aromatic heterocycles. The topological polar surface area (TPSA) is 46.9 Å². The molecular weight excluding hydrogens is 190 g/mol. The van der Waals surface area contributed by atoms with Gasteiger partial charge in [0.25, 0.3) is 0 Å². The Bertz CT molecular complexity index is 297. The second-order valence-electron chi connectivity index (χ2n) is 2.72. The van der Waals surface area contributed by atoms with E-state index in [0.29, 0.717) is 5.88 Å². The maximum atomic E-state index is 11.3. The number of aromatic nitrogens is 2. The number of hydrogen-bond acceptors (Lipinski definition) is 2. The zero-order valence-corrected chi connectivity index (χ0v) is 8.38. The van der Waals surface area contributed by atoms with E-state index in [9.17, 15) is 4.79 Å². The first-order chi connectivity index (χ1) is 6.20. The third kappa shape index (κ3) is 2.01. The molecule has 5 heteroatoms. The lowest BCUT2D eigenvalue weighted by Gasteiger charge is -2.13. The molecule has 0 spiro atoms. The van der Waals surface area contributed by atoms with Gasteiger partial charge in [0.1, 0.15) is 6.04 Å². The number of hydrogen-bond donors (Lipinski definition) is 1. The summed E-state index contributed by atoms with van der Waals surface area (Å²) in [4.78, 5) is 15.2. The van der Waals surface area contributed by atoms with Gasteiger partial charge < -0.3 is 9.88 Å². The van der Waals surface area contributed by atoms with Gasteiger partial charge in [-0.1, -0.05) is 0 Å². The molecule has 0 radical (unpaired) electrons. The van der Waals surface area contributed by atoms with Crippen LogP contribution in [-0.4, -0.2) is 22.5 Å². The van der Waals surface area contributed by atoms with Gasteiger partial charge in [-0.2, -0.15) is 0 Å². The Morgan fingerprint density at radius 2 is 2.54 bits per heavy atom. The molecule has 1 rings (SSSR count). The summed E-state index contributed by atoms with van der Waals surface area (Å²) in [5.41, 5.74) is 0.845. The minimum atomic E-state index is -0.263. The highest BCUT2D eigenvalue weighted by Gasteiger charge is 2.14. The number of rotatable bonds is 3. The highest BCUT2D eigenvalue weighted by Crippen LogP contribution is 2.11. The number of imidazole rings is 1. The van der Waals surface area contributed by atoms with Crippen molar-refractivity contribution in [3.8, 4) is 0 Å². The molecule has 0 aliphatic carbocycles. The highest BCUT2D eigenvalue weighted by atomic mass is 35.5. The molecule has 72 valence electrons. The largest absolute Gasteiger partial charge is 0.357 e. The van der Waals surface area contributed by atoms with Gasteiger partial charge in [0.15, 0.2) is 0 Å². The number of carbonyl (C=O) groups is 1. The summed E-state index contributed by atoms with van der Waals surface area (Å²) in [7, 11) is 1.61. The molecular formula is C8H12ClN3O. The normalized spacial score (nSPS) is 12.5. The molecule has 0 bridgehead atoms. The molecule has 1 atom stereocenters. The van der Waals surface area contributed by atoms with Gasteiger partial charge in [-0.3, -0.25) is 4.79 Å². The summed E-state index contributed by atoms with van der Waals surface area (Å²) in [5, 5.41) is 2.57. The van der Waals surface area contributed by atoms with E-state index < -0.39 is 0 Å². The fourth-order valence-corrected chi connectivity index (χ4v) is 1.33. The summed E-state index contributed by atoms with van der Waals surface area (Å²) in [5.74, 6) is 0.311. The molecule has 0 aliphatic rings. The summed E-state index contributed by atoms with van der Waals surface area (Å²) in [6.07, 6.45) is 3.27. The average Bonchev–Trinajstić information content (AvgIpc) is 2.62. The lowest BCUT2D eigenvalue weighted by atomic mass is 10.3. The minimum absolute atomic E-state index is 0.0515. The van der Waals surface area contributed by atoms with Crippen molar-refractivity contribution in [3.63, 3.8) is 0 Å². The highest BCUT2D eigenvalue weighted by molar-refractivity contribution is 6.16. The van der Waals surface area contributed by atoms with Crippen LogP contribution >= 0.6 is 11.6 Å². The van der Waals surface area contributed by atoms with Crippen molar-refractivity contribution in [3.05, 3.63) is 18.2 Å². The lowest BCUT2D eigenvalue weighted by molar-refractivity contribution is -0.123. The monoisotopic (exact) mass is 201 g/mol. The fraction of sp³-hybridized carbons (Fsp3) is 0.500. The van der Waals surface area contributed by atoms with Crippen LogP contribution in [0.2, 0.25) is 0 Å². The predicted octanol–water partition coefficient (Wildman–Crippen LogP) is 0.929. The van der Waals surface area contributed by atoms with Crippen molar-refractivity contribution in [1.82, 2.24) is 14.9 Å². The smallest absolute Gasteiger partial charge is 0.242 e. The second kappa shape index (κ2) is 4.28. The SMILES string of the molecule is CNC(=O)C(C)n1cncc1CCl. The van der Waals surface area contributed by atoms with Crippen molar-refractivity contribution < 1.29 is 4.79 Å². The zero-order chi connectivity index (χ0) is 9.84. The Balaban J connectivity index is 2.87. The number of likely N-dealkylation sites (N-methyl/N-ethyl adjacent to an activating group) is 1. The first kappa shape index (κ1) is 10.1. The van der Waals surface area contributed by atoms with Crippen LogP contribution in [0.4, 0.5) is 0 Å². The Morgan fingerprint density at radius 1 is 1.85 bits per heavy atom. The maximum absolute atomic E-state index is 11.3. The molecule has 1 amide bonds. The number of nitrogens with one attached hydrogen (secondary N) is 1. The lowest BCUT2D eigenvalue weighted by Crippen LogP contribution is -2.28. The Hall–Kier alpha value is -1.03. The molecule has 1 aromatic rings. The van der Waals surface area contributed by atoms with Crippen LogP contribution < -0.4 is 5.32 Å². The standard InChI is InChI=1S/C8H12ClN3O/c1-6(8(13)10-2)12-5-11-4-7(12)3-9/h4-6H,3H2,1-2H3,(H,10,13). The number of halogens is 1. The van der Waals surface area contributed by atoms with Crippen molar-refractivity contribution in [2.24, 2.45) is 0 Å². The Morgan fingerprint density at radius 3 is 3.08 bits per heavy atom. The third-order valence-corrected chi connectivity index (χ3v) is 2.20. The van der Waals surface area contributed by atoms with E-state index in [1.807, 2.05) is 0 Å². The number of nitrogens with zero attached hydrogens (tertiary/aromatic N) is 2. The number of alkyl halides is 1. The van der Waals surface area contributed by atoms with Crippen LogP contribution in [0.15, 0.2) is 12.5 Å². The number of amides is 1. The van der Waals surface area contributed by atoms with E-state index in [-0.39, 0.29) is 11.9 Å². The average molecular weight is 202 g/mol. The van der Waals surface area contributed by atoms with Crippen molar-refractivity contribution in [1.29, 1.82) is 0 Å². The second-order valence-corrected chi connectivity index (χ2v) is 2.98. The van der Waals surface area contributed by atoms with E-state index in [1.54, 1.807) is 31.1 Å². The summed E-state index contributed by atoms with van der Waals surface area (Å²) >= 11 is 5.67. The van der Waals surface area contributed by atoms with E-state index in [0.717, 1.165) is 5.69 Å². The Labute approximate surface area is 81.9 Å². The van der Waals surface area contributed by atoms with Gasteiger partial charge in [0, 0.05) is 13.2 Å². The van der Waals surface area contributed by atoms with Crippen LogP contribution in [0.25, 0.3) is 0 Å². The molecule has 4 nitrogen and oxygen atoms in total. The first-order valence-corrected chi connectivity index (χ1v) is 4.52. The van der Waals surface area contributed by atoms with Gasteiger partial charge in [0.05, 0.1) is 17.9 Å². The maximum Gasteiger partial charge on any atom is 0.242 e. The molecule has 1 heterocycles. The van der Waals surface area contributed by atoms with E-state index in [2.05, 4.69) is 10.3 Å². The quantitative estimate of drug-likeness (QED) is 0.740. The summed E-state index contributed by atoms with van der Waals surface area (Å²) in [6.45, 7) is 1.80. The van der Waals surface area contributed by atoms with Crippen molar-refractivity contribution in [2.45, 2.75) is 18.8 Å². The van der Waals surface area contributed by atoms with Crippen LogP contribution in [0.1, 0.15) is 18.7 Å². The van der Waals surface area contributed by atoms with Gasteiger partial charge in [0.2, 0.25) is 5.91 Å². The Kier molecular flexibility index (Phi) is 3.31. The van der Waals surface area contributed by atoms with Gasteiger partial charge in [-0.25, -0.2) is 4.98 Å². The first-order valence-electron chi connectivity index (χ1n) is 3.99.